The number of hydrogen-bond donors (Lipinski definition) is 1. The second-order valence-electron chi connectivity index (χ2n) is 3.79. The minimum absolute atomic E-state index is 0.0720. The van der Waals surface area contributed by atoms with E-state index in [-0.39, 0.29) is 12.2 Å². The van der Waals surface area contributed by atoms with Gasteiger partial charge >= 0.3 is 5.97 Å². The highest BCUT2D eigenvalue weighted by Gasteiger charge is 2.29. The van der Waals surface area contributed by atoms with Crippen LogP contribution in [0.3, 0.4) is 0 Å². The number of cyclic esters (lactones) is 1. The van der Waals surface area contributed by atoms with E-state index in [4.69, 9.17) is 9.47 Å². The largest absolute Gasteiger partial charge is 0.501 e. The lowest BCUT2D eigenvalue weighted by atomic mass is 9.98. The van der Waals surface area contributed by atoms with Gasteiger partial charge in [0.25, 0.3) is 0 Å². The first-order chi connectivity index (χ1) is 9.08. The Morgan fingerprint density at radius 2 is 1.84 bits per heavy atom. The third-order valence-corrected chi connectivity index (χ3v) is 2.72. The van der Waals surface area contributed by atoms with Gasteiger partial charge in [-0.05, 0) is 17.7 Å². The molecule has 1 aliphatic heterocycles. The molecule has 0 saturated heterocycles. The molecular weight excluding hydrogens is 252 g/mol. The number of carbonyl (C=O) groups is 2. The summed E-state index contributed by atoms with van der Waals surface area (Å²) in [6.45, 7) is -0.382. The summed E-state index contributed by atoms with van der Waals surface area (Å²) in [4.78, 5) is 23.0. The van der Waals surface area contributed by atoms with Gasteiger partial charge in [-0.2, -0.15) is 0 Å². The molecule has 2 rings (SSSR count). The zero-order chi connectivity index (χ0) is 14.0. The predicted octanol–water partition coefficient (Wildman–Crippen LogP) is 1.10. The molecule has 6 nitrogen and oxygen atoms in total. The lowest BCUT2D eigenvalue weighted by Crippen LogP contribution is -2.25. The van der Waals surface area contributed by atoms with Crippen molar-refractivity contribution in [2.24, 2.45) is 0 Å². The van der Waals surface area contributed by atoms with Crippen LogP contribution in [0.1, 0.15) is 5.56 Å². The molecule has 0 amide bonds. The SMILES string of the molecule is COc1ccc(C2=C(O)C(=O)OCC2=O)cc1OC. The maximum atomic E-state index is 11.7. The molecule has 0 saturated carbocycles. The second kappa shape index (κ2) is 5.01. The van der Waals surface area contributed by atoms with Crippen molar-refractivity contribution >= 4 is 17.3 Å². The number of hydrogen-bond acceptors (Lipinski definition) is 6. The minimum Gasteiger partial charge on any atom is -0.501 e. The van der Waals surface area contributed by atoms with Crippen molar-refractivity contribution in [1.82, 2.24) is 0 Å². The average molecular weight is 264 g/mol. The van der Waals surface area contributed by atoms with Gasteiger partial charge in [0.05, 0.1) is 19.8 Å². The van der Waals surface area contributed by atoms with Crippen molar-refractivity contribution in [3.63, 3.8) is 0 Å². The van der Waals surface area contributed by atoms with Gasteiger partial charge in [0.2, 0.25) is 11.5 Å². The molecule has 19 heavy (non-hydrogen) atoms. The molecule has 0 bridgehead atoms. The van der Waals surface area contributed by atoms with E-state index in [1.165, 1.54) is 20.3 Å². The van der Waals surface area contributed by atoms with E-state index in [2.05, 4.69) is 4.74 Å². The summed E-state index contributed by atoms with van der Waals surface area (Å²) in [5.74, 6) is -1.19. The van der Waals surface area contributed by atoms with Crippen molar-refractivity contribution in [2.75, 3.05) is 20.8 Å². The predicted molar refractivity (Wildman–Crippen MR) is 65.1 cm³/mol. The first kappa shape index (κ1) is 12.9. The van der Waals surface area contributed by atoms with Crippen molar-refractivity contribution in [2.45, 2.75) is 0 Å². The van der Waals surface area contributed by atoms with Gasteiger partial charge in [0.15, 0.2) is 18.1 Å². The van der Waals surface area contributed by atoms with E-state index in [0.29, 0.717) is 17.1 Å². The van der Waals surface area contributed by atoms with E-state index in [9.17, 15) is 14.7 Å². The number of benzene rings is 1. The van der Waals surface area contributed by atoms with Crippen molar-refractivity contribution in [3.8, 4) is 11.5 Å². The Kier molecular flexibility index (Phi) is 3.41. The number of ketones is 1. The van der Waals surface area contributed by atoms with Crippen molar-refractivity contribution in [3.05, 3.63) is 29.5 Å². The van der Waals surface area contributed by atoms with Crippen LogP contribution in [0.15, 0.2) is 24.0 Å². The van der Waals surface area contributed by atoms with Crippen LogP contribution in [0.25, 0.3) is 5.57 Å². The maximum absolute atomic E-state index is 11.7. The highest BCUT2D eigenvalue weighted by Crippen LogP contribution is 2.32. The molecule has 1 N–H and O–H groups in total. The fourth-order valence-corrected chi connectivity index (χ4v) is 1.80. The summed E-state index contributed by atoms with van der Waals surface area (Å²) in [5, 5.41) is 9.66. The monoisotopic (exact) mass is 264 g/mol. The molecule has 1 heterocycles. The van der Waals surface area contributed by atoms with E-state index in [1.54, 1.807) is 12.1 Å². The van der Waals surface area contributed by atoms with E-state index in [0.717, 1.165) is 0 Å². The van der Waals surface area contributed by atoms with Crippen LogP contribution in [0.5, 0.6) is 11.5 Å². The van der Waals surface area contributed by atoms with Crippen molar-refractivity contribution in [1.29, 1.82) is 0 Å². The molecule has 0 spiro atoms. The molecule has 0 aromatic heterocycles. The highest BCUT2D eigenvalue weighted by molar-refractivity contribution is 6.28. The van der Waals surface area contributed by atoms with Crippen molar-refractivity contribution < 1.29 is 28.9 Å². The molecular formula is C13H12O6. The van der Waals surface area contributed by atoms with Gasteiger partial charge in [-0.1, -0.05) is 6.07 Å². The Hall–Kier alpha value is -2.50. The number of aliphatic hydroxyl groups excluding tert-OH is 1. The molecule has 1 aromatic rings. The summed E-state index contributed by atoms with van der Waals surface area (Å²) in [7, 11) is 2.93. The number of ether oxygens (including phenoxy) is 3. The molecule has 0 radical (unpaired) electrons. The minimum atomic E-state index is -0.913. The average Bonchev–Trinajstić information content (AvgIpc) is 2.43. The fourth-order valence-electron chi connectivity index (χ4n) is 1.80. The molecule has 1 aliphatic rings. The Bertz CT molecular complexity index is 572. The standard InChI is InChI=1S/C13H12O6/c1-17-9-4-3-7(5-10(9)18-2)11-8(14)6-19-13(16)12(11)15/h3-5,15H,6H2,1-2H3. The number of carbonyl (C=O) groups excluding carboxylic acids is 2. The topological polar surface area (TPSA) is 82.1 Å². The number of Topliss-reactive ketones (excluding diaryl/α,β-unsaturated/α-hetero) is 1. The van der Waals surface area contributed by atoms with Gasteiger partial charge < -0.3 is 19.3 Å². The summed E-state index contributed by atoms with van der Waals surface area (Å²) < 4.78 is 14.7. The van der Waals surface area contributed by atoms with Crippen LogP contribution in [0, 0.1) is 0 Å². The van der Waals surface area contributed by atoms with E-state index in [1.807, 2.05) is 0 Å². The molecule has 0 atom stereocenters. The zero-order valence-corrected chi connectivity index (χ0v) is 10.4. The zero-order valence-electron chi connectivity index (χ0n) is 10.4. The number of methoxy groups -OCH3 is 2. The van der Waals surface area contributed by atoms with Crippen LogP contribution < -0.4 is 9.47 Å². The Morgan fingerprint density at radius 3 is 2.47 bits per heavy atom. The molecule has 0 unspecified atom stereocenters. The normalized spacial score (nSPS) is 15.3. The third-order valence-electron chi connectivity index (χ3n) is 2.72. The smallest absolute Gasteiger partial charge is 0.374 e. The lowest BCUT2D eigenvalue weighted by molar-refractivity contribution is -0.147. The van der Waals surface area contributed by atoms with Crippen LogP contribution in [-0.4, -0.2) is 37.7 Å². The third kappa shape index (κ3) is 2.24. The summed E-state index contributed by atoms with van der Waals surface area (Å²) >= 11 is 0. The fraction of sp³-hybridized carbons (Fsp3) is 0.231. The van der Waals surface area contributed by atoms with Gasteiger partial charge in [-0.3, -0.25) is 4.79 Å². The van der Waals surface area contributed by atoms with Crippen LogP contribution in [0.4, 0.5) is 0 Å². The van der Waals surface area contributed by atoms with Gasteiger partial charge in [-0.15, -0.1) is 0 Å². The Balaban J connectivity index is 2.55. The first-order valence-electron chi connectivity index (χ1n) is 5.44. The van der Waals surface area contributed by atoms with Gasteiger partial charge in [0.1, 0.15) is 0 Å². The van der Waals surface area contributed by atoms with Gasteiger partial charge in [-0.25, -0.2) is 4.79 Å². The number of esters is 1. The van der Waals surface area contributed by atoms with Crippen LogP contribution in [-0.2, 0) is 14.3 Å². The second-order valence-corrected chi connectivity index (χ2v) is 3.79. The quantitative estimate of drug-likeness (QED) is 0.823. The molecule has 0 aliphatic carbocycles. The molecule has 1 aromatic carbocycles. The number of rotatable bonds is 3. The lowest BCUT2D eigenvalue weighted by Gasteiger charge is -2.16. The molecule has 100 valence electrons. The number of aliphatic hydroxyl groups is 1. The summed E-state index contributed by atoms with van der Waals surface area (Å²) in [6, 6.07) is 4.66. The highest BCUT2D eigenvalue weighted by atomic mass is 16.5. The summed E-state index contributed by atoms with van der Waals surface area (Å²) in [6.07, 6.45) is 0. The summed E-state index contributed by atoms with van der Waals surface area (Å²) in [5.41, 5.74) is 0.300. The van der Waals surface area contributed by atoms with E-state index >= 15 is 0 Å². The van der Waals surface area contributed by atoms with Crippen LogP contribution >= 0.6 is 0 Å². The molecule has 6 heteroatoms. The maximum Gasteiger partial charge on any atom is 0.374 e. The van der Waals surface area contributed by atoms with Crippen LogP contribution in [0.2, 0.25) is 0 Å². The molecule has 0 fully saturated rings. The van der Waals surface area contributed by atoms with E-state index < -0.39 is 17.5 Å². The van der Waals surface area contributed by atoms with Gasteiger partial charge in [0, 0.05) is 0 Å². The Labute approximate surface area is 109 Å². The first-order valence-corrected chi connectivity index (χ1v) is 5.44. The Morgan fingerprint density at radius 1 is 1.16 bits per heavy atom.